The van der Waals surface area contributed by atoms with E-state index in [0.717, 1.165) is 0 Å². The molecule has 0 spiro atoms. The molecule has 2 rings (SSSR count). The molecule has 108 valence electrons. The Bertz CT molecular complexity index is 675. The highest BCUT2D eigenvalue weighted by Crippen LogP contribution is 2.25. The molecule has 0 aliphatic heterocycles. The van der Waals surface area contributed by atoms with Gasteiger partial charge in [-0.2, -0.15) is 0 Å². The highest BCUT2D eigenvalue weighted by Gasteiger charge is 2.19. The van der Waals surface area contributed by atoms with Crippen molar-refractivity contribution in [3.63, 3.8) is 0 Å². The van der Waals surface area contributed by atoms with Gasteiger partial charge < -0.3 is 10.3 Å². The summed E-state index contributed by atoms with van der Waals surface area (Å²) in [7, 11) is 1.57. The van der Waals surface area contributed by atoms with Gasteiger partial charge in [-0.15, -0.1) is 0 Å². The minimum absolute atomic E-state index is 0.139. The van der Waals surface area contributed by atoms with Crippen molar-refractivity contribution in [3.8, 4) is 0 Å². The summed E-state index contributed by atoms with van der Waals surface area (Å²) in [6.45, 7) is 0. The van der Waals surface area contributed by atoms with Crippen molar-refractivity contribution in [2.75, 3.05) is 17.4 Å². The van der Waals surface area contributed by atoms with Crippen molar-refractivity contribution >= 4 is 23.0 Å². The number of nitrogens with one attached hydrogen (secondary N) is 1. The summed E-state index contributed by atoms with van der Waals surface area (Å²) in [4.78, 5) is 28.0. The monoisotopic (exact) mass is 287 g/mol. The second kappa shape index (κ2) is 5.97. The number of pyridine rings is 1. The van der Waals surface area contributed by atoms with Crippen LogP contribution < -0.4 is 16.2 Å². The van der Waals surface area contributed by atoms with E-state index in [9.17, 15) is 14.9 Å². The maximum atomic E-state index is 12.3. The van der Waals surface area contributed by atoms with E-state index in [1.807, 2.05) is 0 Å². The number of nitro groups is 1. The van der Waals surface area contributed by atoms with Gasteiger partial charge in [-0.05, 0) is 24.3 Å². The topological polar surface area (TPSA) is 114 Å². The van der Waals surface area contributed by atoms with Crippen molar-refractivity contribution in [1.29, 1.82) is 0 Å². The second-order valence-corrected chi connectivity index (χ2v) is 4.21. The third-order valence-corrected chi connectivity index (χ3v) is 2.93. The zero-order valence-electron chi connectivity index (χ0n) is 11.2. The Labute approximate surface area is 120 Å². The Balaban J connectivity index is 2.36. The van der Waals surface area contributed by atoms with Crippen LogP contribution in [-0.4, -0.2) is 22.9 Å². The van der Waals surface area contributed by atoms with E-state index >= 15 is 0 Å². The Morgan fingerprint density at radius 3 is 2.76 bits per heavy atom. The van der Waals surface area contributed by atoms with Crippen molar-refractivity contribution < 1.29 is 9.72 Å². The number of hydrogen-bond acceptors (Lipinski definition) is 6. The summed E-state index contributed by atoms with van der Waals surface area (Å²) in [5, 5.41) is 11.0. The first-order valence-corrected chi connectivity index (χ1v) is 5.97. The smallest absolute Gasteiger partial charge is 0.294 e. The highest BCUT2D eigenvalue weighted by molar-refractivity contribution is 6.06. The van der Waals surface area contributed by atoms with Crippen LogP contribution in [0.2, 0.25) is 0 Å². The first-order chi connectivity index (χ1) is 10.0. The summed E-state index contributed by atoms with van der Waals surface area (Å²) in [5.74, 6) is 4.83. The molecule has 1 heterocycles. The Morgan fingerprint density at radius 1 is 1.43 bits per heavy atom. The fourth-order valence-electron chi connectivity index (χ4n) is 1.80. The summed E-state index contributed by atoms with van der Waals surface area (Å²) in [5.41, 5.74) is 2.88. The number of benzene rings is 1. The molecule has 0 saturated carbocycles. The molecule has 0 fully saturated rings. The zero-order valence-corrected chi connectivity index (χ0v) is 11.2. The third-order valence-electron chi connectivity index (χ3n) is 2.93. The van der Waals surface area contributed by atoms with Crippen LogP contribution in [0.5, 0.6) is 0 Å². The quantitative estimate of drug-likeness (QED) is 0.501. The number of carbonyl (C=O) groups excluding carboxylic acids is 1. The standard InChI is InChI=1S/C13H13N5O3/c1-17(10-3-2-6-15-8-10)13(19)9-4-5-11(16-14)12(7-9)18(20)21/h2-8,16H,14H2,1H3. The molecule has 2 aromatic rings. The van der Waals surface area contributed by atoms with Crippen molar-refractivity contribution in [2.45, 2.75) is 0 Å². The van der Waals surface area contributed by atoms with E-state index < -0.39 is 4.92 Å². The molecule has 0 aliphatic rings. The van der Waals surface area contributed by atoms with Gasteiger partial charge in [0.25, 0.3) is 11.6 Å². The van der Waals surface area contributed by atoms with E-state index in [0.29, 0.717) is 5.69 Å². The van der Waals surface area contributed by atoms with Gasteiger partial charge in [0.2, 0.25) is 0 Å². The molecule has 3 N–H and O–H groups in total. The summed E-state index contributed by atoms with van der Waals surface area (Å²) in [6, 6.07) is 7.46. The predicted octanol–water partition coefficient (Wildman–Crippen LogP) is 1.55. The summed E-state index contributed by atoms with van der Waals surface area (Å²) >= 11 is 0. The van der Waals surface area contributed by atoms with Crippen LogP contribution in [0, 0.1) is 10.1 Å². The number of rotatable bonds is 4. The fraction of sp³-hybridized carbons (Fsp3) is 0.0769. The number of nitrogen functional groups attached to an aromatic ring is 1. The lowest BCUT2D eigenvalue weighted by molar-refractivity contribution is -0.384. The van der Waals surface area contributed by atoms with Gasteiger partial charge in [-0.3, -0.25) is 25.7 Å². The summed E-state index contributed by atoms with van der Waals surface area (Å²) in [6.07, 6.45) is 3.12. The largest absolute Gasteiger partial charge is 0.318 e. The minimum atomic E-state index is -0.601. The predicted molar refractivity (Wildman–Crippen MR) is 77.9 cm³/mol. The van der Waals surface area contributed by atoms with Gasteiger partial charge in [0, 0.05) is 24.9 Å². The number of hydrogen-bond donors (Lipinski definition) is 2. The lowest BCUT2D eigenvalue weighted by atomic mass is 10.1. The maximum Gasteiger partial charge on any atom is 0.294 e. The van der Waals surface area contributed by atoms with E-state index in [2.05, 4.69) is 10.4 Å². The normalized spacial score (nSPS) is 10.0. The van der Waals surface area contributed by atoms with Gasteiger partial charge >= 0.3 is 0 Å². The number of hydrazine groups is 1. The Kier molecular flexibility index (Phi) is 4.10. The van der Waals surface area contributed by atoms with Crippen LogP contribution in [0.15, 0.2) is 42.7 Å². The first kappa shape index (κ1) is 14.4. The van der Waals surface area contributed by atoms with Crippen LogP contribution in [0.4, 0.5) is 17.1 Å². The lowest BCUT2D eigenvalue weighted by Gasteiger charge is -2.17. The molecule has 0 radical (unpaired) electrons. The first-order valence-electron chi connectivity index (χ1n) is 5.97. The molecule has 8 nitrogen and oxygen atoms in total. The van der Waals surface area contributed by atoms with Gasteiger partial charge in [0.05, 0.1) is 16.8 Å². The molecule has 21 heavy (non-hydrogen) atoms. The molecule has 1 amide bonds. The SMILES string of the molecule is CN(C(=O)c1ccc(NN)c([N+](=O)[O-])c1)c1cccnc1. The molecule has 0 saturated heterocycles. The number of anilines is 2. The molecule has 0 aliphatic carbocycles. The van der Waals surface area contributed by atoms with Crippen LogP contribution in [0.1, 0.15) is 10.4 Å². The van der Waals surface area contributed by atoms with Gasteiger partial charge in [0.1, 0.15) is 5.69 Å². The van der Waals surface area contributed by atoms with Crippen molar-refractivity contribution in [2.24, 2.45) is 5.84 Å². The van der Waals surface area contributed by atoms with Crippen LogP contribution in [0.3, 0.4) is 0 Å². The minimum Gasteiger partial charge on any atom is -0.318 e. The number of nitro benzene ring substituents is 1. The van der Waals surface area contributed by atoms with E-state index in [4.69, 9.17) is 5.84 Å². The van der Waals surface area contributed by atoms with Crippen LogP contribution in [0.25, 0.3) is 0 Å². The van der Waals surface area contributed by atoms with E-state index in [1.165, 1.54) is 29.3 Å². The van der Waals surface area contributed by atoms with E-state index in [1.54, 1.807) is 25.4 Å². The summed E-state index contributed by atoms with van der Waals surface area (Å²) < 4.78 is 0. The molecule has 8 heteroatoms. The fourth-order valence-corrected chi connectivity index (χ4v) is 1.80. The highest BCUT2D eigenvalue weighted by atomic mass is 16.6. The van der Waals surface area contributed by atoms with Crippen LogP contribution in [-0.2, 0) is 0 Å². The van der Waals surface area contributed by atoms with Gasteiger partial charge in [-0.25, -0.2) is 0 Å². The molecule has 0 bridgehead atoms. The van der Waals surface area contributed by atoms with Crippen molar-refractivity contribution in [1.82, 2.24) is 4.98 Å². The number of nitrogens with zero attached hydrogens (tertiary/aromatic N) is 3. The number of amides is 1. The second-order valence-electron chi connectivity index (χ2n) is 4.21. The molecular weight excluding hydrogens is 274 g/mol. The molecule has 0 unspecified atom stereocenters. The maximum absolute atomic E-state index is 12.3. The number of carbonyl (C=O) groups is 1. The number of aromatic nitrogens is 1. The Hall–Kier alpha value is -3.00. The molecular formula is C13H13N5O3. The van der Waals surface area contributed by atoms with Crippen LogP contribution >= 0.6 is 0 Å². The third kappa shape index (κ3) is 2.95. The molecule has 1 aromatic heterocycles. The average Bonchev–Trinajstić information content (AvgIpc) is 2.53. The molecule has 1 aromatic carbocycles. The lowest BCUT2D eigenvalue weighted by Crippen LogP contribution is -2.26. The van der Waals surface area contributed by atoms with Crippen molar-refractivity contribution in [3.05, 3.63) is 58.4 Å². The van der Waals surface area contributed by atoms with Gasteiger partial charge in [0.15, 0.2) is 0 Å². The number of nitrogens with two attached hydrogens (primary N) is 1. The average molecular weight is 287 g/mol. The van der Waals surface area contributed by atoms with Gasteiger partial charge in [-0.1, -0.05) is 0 Å². The molecule has 0 atom stereocenters. The Morgan fingerprint density at radius 2 is 2.19 bits per heavy atom. The van der Waals surface area contributed by atoms with E-state index in [-0.39, 0.29) is 22.8 Å². The zero-order chi connectivity index (χ0) is 15.4.